The van der Waals surface area contributed by atoms with Crippen LogP contribution in [0.25, 0.3) is 10.2 Å². The van der Waals surface area contributed by atoms with Gasteiger partial charge in [-0.25, -0.2) is 9.37 Å². The highest BCUT2D eigenvalue weighted by molar-refractivity contribution is 7.18. The van der Waals surface area contributed by atoms with Crippen molar-refractivity contribution in [1.82, 2.24) is 9.55 Å². The molecule has 0 saturated carbocycles. The molecule has 2 aromatic carbocycles. The van der Waals surface area contributed by atoms with Crippen molar-refractivity contribution in [3.8, 4) is 11.5 Å². The molecule has 0 N–H and O–H groups in total. The molecule has 0 radical (unpaired) electrons. The second-order valence-corrected chi connectivity index (χ2v) is 8.58. The zero-order valence-electron chi connectivity index (χ0n) is 17.9. The molecule has 7 heteroatoms. The molecule has 0 bridgehead atoms. The smallest absolute Gasteiger partial charge is 0.262 e. The van der Waals surface area contributed by atoms with Gasteiger partial charge in [-0.1, -0.05) is 18.2 Å². The van der Waals surface area contributed by atoms with E-state index in [4.69, 9.17) is 14.5 Å². The third-order valence-electron chi connectivity index (χ3n) is 5.41. The van der Waals surface area contributed by atoms with Crippen LogP contribution in [0.15, 0.2) is 47.3 Å². The number of aryl methyl sites for hydroxylation is 2. The number of halogens is 1. The number of hydrogen-bond donors (Lipinski definition) is 0. The van der Waals surface area contributed by atoms with Gasteiger partial charge in [-0.2, -0.15) is 0 Å². The van der Waals surface area contributed by atoms with Crippen LogP contribution in [-0.2, 0) is 13.0 Å². The minimum atomic E-state index is -0.330. The zero-order chi connectivity index (χ0) is 22.1. The predicted octanol–water partition coefficient (Wildman–Crippen LogP) is 4.87. The van der Waals surface area contributed by atoms with Gasteiger partial charge in [0.25, 0.3) is 5.56 Å². The Morgan fingerprint density at radius 2 is 1.81 bits per heavy atom. The van der Waals surface area contributed by atoms with E-state index < -0.39 is 0 Å². The molecule has 0 saturated heterocycles. The van der Waals surface area contributed by atoms with Crippen molar-refractivity contribution in [2.24, 2.45) is 0 Å². The molecule has 4 aromatic rings. The number of nitrogens with zero attached hydrogens (tertiary/aromatic N) is 2. The van der Waals surface area contributed by atoms with Gasteiger partial charge >= 0.3 is 0 Å². The highest BCUT2D eigenvalue weighted by atomic mass is 32.1. The summed E-state index contributed by atoms with van der Waals surface area (Å²) in [5.41, 5.74) is 2.48. The maximum absolute atomic E-state index is 13.8. The van der Waals surface area contributed by atoms with Crippen LogP contribution in [0, 0.1) is 19.7 Å². The molecule has 0 amide bonds. The summed E-state index contributed by atoms with van der Waals surface area (Å²) in [7, 11) is 3.17. The summed E-state index contributed by atoms with van der Waals surface area (Å²) in [4.78, 5) is 20.1. The minimum Gasteiger partial charge on any atom is -0.493 e. The van der Waals surface area contributed by atoms with E-state index in [2.05, 4.69) is 0 Å². The van der Waals surface area contributed by atoms with Gasteiger partial charge in [-0.3, -0.25) is 9.36 Å². The molecule has 0 aliphatic carbocycles. The van der Waals surface area contributed by atoms with Crippen molar-refractivity contribution in [3.63, 3.8) is 0 Å². The molecule has 31 heavy (non-hydrogen) atoms. The normalized spacial score (nSPS) is 11.1. The SMILES string of the molecule is COc1ccc(Cc2nc3sc(C)c(C)c3c(=O)n2Cc2cccc(F)c2)cc1OC. The number of thiophene rings is 1. The highest BCUT2D eigenvalue weighted by Crippen LogP contribution is 2.30. The average Bonchev–Trinajstić information content (AvgIpc) is 3.04. The Labute approximate surface area is 183 Å². The summed E-state index contributed by atoms with van der Waals surface area (Å²) in [6.45, 7) is 4.18. The quantitative estimate of drug-likeness (QED) is 0.431. The van der Waals surface area contributed by atoms with E-state index >= 15 is 0 Å². The van der Waals surface area contributed by atoms with Crippen molar-refractivity contribution >= 4 is 21.6 Å². The monoisotopic (exact) mass is 438 g/mol. The van der Waals surface area contributed by atoms with E-state index in [1.54, 1.807) is 24.9 Å². The first-order chi connectivity index (χ1) is 14.9. The van der Waals surface area contributed by atoms with E-state index in [1.807, 2.05) is 38.1 Å². The van der Waals surface area contributed by atoms with Gasteiger partial charge in [0.05, 0.1) is 26.2 Å². The molecule has 0 aliphatic heterocycles. The van der Waals surface area contributed by atoms with Crippen molar-refractivity contribution in [1.29, 1.82) is 0 Å². The van der Waals surface area contributed by atoms with Gasteiger partial charge in [0, 0.05) is 11.3 Å². The van der Waals surface area contributed by atoms with Gasteiger partial charge in [0.1, 0.15) is 16.5 Å². The molecule has 0 unspecified atom stereocenters. The lowest BCUT2D eigenvalue weighted by atomic mass is 10.1. The van der Waals surface area contributed by atoms with E-state index in [-0.39, 0.29) is 17.9 Å². The second kappa shape index (κ2) is 8.51. The summed E-state index contributed by atoms with van der Waals surface area (Å²) in [5, 5.41) is 0.634. The van der Waals surface area contributed by atoms with Gasteiger partial charge in [-0.05, 0) is 54.8 Å². The molecule has 4 rings (SSSR count). The van der Waals surface area contributed by atoms with Gasteiger partial charge in [0.2, 0.25) is 0 Å². The number of fused-ring (bicyclic) bond motifs is 1. The number of rotatable bonds is 6. The van der Waals surface area contributed by atoms with Crippen LogP contribution >= 0.6 is 11.3 Å². The molecule has 0 atom stereocenters. The Bertz CT molecular complexity index is 1330. The molecule has 160 valence electrons. The Hall–Kier alpha value is -3.19. The Kier molecular flexibility index (Phi) is 5.78. The van der Waals surface area contributed by atoms with Gasteiger partial charge in [-0.15, -0.1) is 11.3 Å². The number of ether oxygens (including phenoxy) is 2. The predicted molar refractivity (Wildman–Crippen MR) is 121 cm³/mol. The molecule has 2 aromatic heterocycles. The Morgan fingerprint density at radius 3 is 2.52 bits per heavy atom. The van der Waals surface area contributed by atoms with E-state index in [9.17, 15) is 9.18 Å². The third kappa shape index (κ3) is 4.05. The lowest BCUT2D eigenvalue weighted by Crippen LogP contribution is -2.26. The van der Waals surface area contributed by atoms with Gasteiger partial charge in [0.15, 0.2) is 11.5 Å². The third-order valence-corrected chi connectivity index (χ3v) is 6.51. The van der Waals surface area contributed by atoms with E-state index in [1.165, 1.54) is 23.5 Å². The number of methoxy groups -OCH3 is 2. The van der Waals surface area contributed by atoms with Crippen LogP contribution < -0.4 is 15.0 Å². The number of benzene rings is 2. The summed E-state index contributed by atoms with van der Waals surface area (Å²) in [6.07, 6.45) is 0.427. The molecule has 2 heterocycles. The Balaban J connectivity index is 1.86. The maximum atomic E-state index is 13.8. The topological polar surface area (TPSA) is 53.3 Å². The lowest BCUT2D eigenvalue weighted by molar-refractivity contribution is 0.354. The van der Waals surface area contributed by atoms with Crippen molar-refractivity contribution in [3.05, 3.63) is 86.0 Å². The average molecular weight is 439 g/mol. The summed E-state index contributed by atoms with van der Waals surface area (Å²) in [6, 6.07) is 11.9. The minimum absolute atomic E-state index is 0.105. The molecular weight excluding hydrogens is 415 g/mol. The van der Waals surface area contributed by atoms with Crippen LogP contribution in [0.3, 0.4) is 0 Å². The summed E-state index contributed by atoms with van der Waals surface area (Å²) in [5.74, 6) is 1.54. The standard InChI is InChI=1S/C24H23FN2O3S/c1-14-15(2)31-23-22(14)24(28)27(13-17-6-5-7-18(25)10-17)21(26-23)12-16-8-9-19(29-3)20(11-16)30-4/h5-11H,12-13H2,1-4H3. The first-order valence-electron chi connectivity index (χ1n) is 9.86. The van der Waals surface area contributed by atoms with Crippen LogP contribution in [0.5, 0.6) is 11.5 Å². The van der Waals surface area contributed by atoms with Gasteiger partial charge < -0.3 is 9.47 Å². The fourth-order valence-electron chi connectivity index (χ4n) is 3.66. The first-order valence-corrected chi connectivity index (χ1v) is 10.7. The van der Waals surface area contributed by atoms with Crippen LogP contribution in [0.4, 0.5) is 4.39 Å². The first kappa shape index (κ1) is 21.1. The molecule has 5 nitrogen and oxygen atoms in total. The number of hydrogen-bond acceptors (Lipinski definition) is 5. The number of aromatic nitrogens is 2. The summed E-state index contributed by atoms with van der Waals surface area (Å²) >= 11 is 1.52. The van der Waals surface area contributed by atoms with Crippen molar-refractivity contribution in [2.75, 3.05) is 14.2 Å². The second-order valence-electron chi connectivity index (χ2n) is 7.38. The molecule has 0 spiro atoms. The lowest BCUT2D eigenvalue weighted by Gasteiger charge is -2.14. The largest absolute Gasteiger partial charge is 0.493 e. The molecule has 0 aliphatic rings. The Morgan fingerprint density at radius 1 is 1.03 bits per heavy atom. The fourth-order valence-corrected chi connectivity index (χ4v) is 4.70. The van der Waals surface area contributed by atoms with Crippen LogP contribution in [-0.4, -0.2) is 23.8 Å². The van der Waals surface area contributed by atoms with Crippen molar-refractivity contribution in [2.45, 2.75) is 26.8 Å². The van der Waals surface area contributed by atoms with E-state index in [0.29, 0.717) is 34.7 Å². The van der Waals surface area contributed by atoms with E-state index in [0.717, 1.165) is 20.8 Å². The molecular formula is C24H23FN2O3S. The van der Waals surface area contributed by atoms with Crippen LogP contribution in [0.2, 0.25) is 0 Å². The molecule has 0 fully saturated rings. The fraction of sp³-hybridized carbons (Fsp3) is 0.250. The van der Waals surface area contributed by atoms with Crippen LogP contribution in [0.1, 0.15) is 27.4 Å². The maximum Gasteiger partial charge on any atom is 0.262 e. The highest BCUT2D eigenvalue weighted by Gasteiger charge is 2.18. The van der Waals surface area contributed by atoms with Crippen molar-refractivity contribution < 1.29 is 13.9 Å². The summed E-state index contributed by atoms with van der Waals surface area (Å²) < 4.78 is 26.1. The zero-order valence-corrected chi connectivity index (χ0v) is 18.7.